The number of carbonyl (C=O) groups excluding carboxylic acids is 1. The number of carboxylic acid groups (broad SMARTS) is 1. The summed E-state index contributed by atoms with van der Waals surface area (Å²) < 4.78 is 5.51. The SMILES string of the molecule is O=C(O)[C@@H]1CSCN1C(=O)CSc1nc2ccccc2o1. The zero-order valence-corrected chi connectivity index (χ0v) is 12.5. The molecule has 1 N–H and O–H groups in total. The molecule has 8 heteroatoms. The molecule has 2 heterocycles. The van der Waals surface area contributed by atoms with Crippen molar-refractivity contribution < 1.29 is 19.1 Å². The number of fused-ring (bicyclic) bond motifs is 1. The Morgan fingerprint density at radius 3 is 3.05 bits per heavy atom. The molecule has 1 aliphatic rings. The van der Waals surface area contributed by atoms with Gasteiger partial charge in [-0.15, -0.1) is 11.8 Å². The summed E-state index contributed by atoms with van der Waals surface area (Å²) in [5.74, 6) is -0.185. The molecule has 2 aromatic rings. The second-order valence-electron chi connectivity index (χ2n) is 4.45. The molecule has 21 heavy (non-hydrogen) atoms. The van der Waals surface area contributed by atoms with Gasteiger partial charge >= 0.3 is 5.97 Å². The fourth-order valence-electron chi connectivity index (χ4n) is 2.01. The summed E-state index contributed by atoms with van der Waals surface area (Å²) in [5.41, 5.74) is 1.42. The van der Waals surface area contributed by atoms with E-state index in [1.807, 2.05) is 24.3 Å². The molecule has 3 rings (SSSR count). The Bertz CT molecular complexity index is 655. The van der Waals surface area contributed by atoms with Gasteiger partial charge in [0.2, 0.25) is 5.91 Å². The highest BCUT2D eigenvalue weighted by molar-refractivity contribution is 8.00. The van der Waals surface area contributed by atoms with Crippen LogP contribution < -0.4 is 0 Å². The number of oxazole rings is 1. The van der Waals surface area contributed by atoms with Crippen LogP contribution in [0.25, 0.3) is 11.1 Å². The molecule has 110 valence electrons. The molecule has 0 spiro atoms. The largest absolute Gasteiger partial charge is 0.480 e. The van der Waals surface area contributed by atoms with E-state index in [1.165, 1.54) is 28.4 Å². The van der Waals surface area contributed by atoms with Crippen molar-refractivity contribution in [3.63, 3.8) is 0 Å². The van der Waals surface area contributed by atoms with Gasteiger partial charge in [-0.1, -0.05) is 23.9 Å². The molecule has 1 aliphatic heterocycles. The second-order valence-corrected chi connectivity index (χ2v) is 6.38. The number of carbonyl (C=O) groups is 2. The summed E-state index contributed by atoms with van der Waals surface area (Å²) in [6.07, 6.45) is 0. The Kier molecular flexibility index (Phi) is 4.07. The Labute approximate surface area is 128 Å². The number of carboxylic acids is 1. The van der Waals surface area contributed by atoms with Crippen LogP contribution in [0.15, 0.2) is 33.9 Å². The van der Waals surface area contributed by atoms with E-state index in [9.17, 15) is 9.59 Å². The topological polar surface area (TPSA) is 83.6 Å². The van der Waals surface area contributed by atoms with Crippen LogP contribution in [0.1, 0.15) is 0 Å². The number of thioether (sulfide) groups is 2. The van der Waals surface area contributed by atoms with Crippen LogP contribution >= 0.6 is 23.5 Å². The normalized spacial score (nSPS) is 18.3. The third-order valence-corrected chi connectivity index (χ3v) is 4.91. The lowest BCUT2D eigenvalue weighted by Crippen LogP contribution is -2.42. The predicted octanol–water partition coefficient (Wildman–Crippen LogP) is 1.91. The van der Waals surface area contributed by atoms with Gasteiger partial charge < -0.3 is 14.4 Å². The maximum atomic E-state index is 12.1. The van der Waals surface area contributed by atoms with Crippen molar-refractivity contribution in [1.82, 2.24) is 9.88 Å². The van der Waals surface area contributed by atoms with E-state index in [4.69, 9.17) is 9.52 Å². The maximum Gasteiger partial charge on any atom is 0.327 e. The molecule has 1 atom stereocenters. The van der Waals surface area contributed by atoms with Crippen LogP contribution in [-0.4, -0.2) is 50.3 Å². The fourth-order valence-corrected chi connectivity index (χ4v) is 3.91. The molecule has 0 aliphatic carbocycles. The molecule has 0 unspecified atom stereocenters. The highest BCUT2D eigenvalue weighted by Gasteiger charge is 2.34. The molecule has 1 amide bonds. The number of aromatic nitrogens is 1. The third-order valence-electron chi connectivity index (χ3n) is 3.08. The van der Waals surface area contributed by atoms with E-state index in [1.54, 1.807) is 0 Å². The van der Waals surface area contributed by atoms with Gasteiger partial charge in [0, 0.05) is 5.75 Å². The number of para-hydroxylation sites is 2. The van der Waals surface area contributed by atoms with Crippen LogP contribution in [0.2, 0.25) is 0 Å². The molecular weight excluding hydrogens is 312 g/mol. The predicted molar refractivity (Wildman–Crippen MR) is 80.3 cm³/mol. The van der Waals surface area contributed by atoms with E-state index >= 15 is 0 Å². The fraction of sp³-hybridized carbons (Fsp3) is 0.308. The van der Waals surface area contributed by atoms with Gasteiger partial charge in [0.1, 0.15) is 11.6 Å². The van der Waals surface area contributed by atoms with Crippen molar-refractivity contribution in [2.75, 3.05) is 17.4 Å². The van der Waals surface area contributed by atoms with Crippen LogP contribution in [-0.2, 0) is 9.59 Å². The maximum absolute atomic E-state index is 12.1. The van der Waals surface area contributed by atoms with Crippen LogP contribution in [0, 0.1) is 0 Å². The Morgan fingerprint density at radius 2 is 2.29 bits per heavy atom. The zero-order chi connectivity index (χ0) is 14.8. The van der Waals surface area contributed by atoms with E-state index in [0.717, 1.165) is 5.52 Å². The first-order chi connectivity index (χ1) is 10.1. The van der Waals surface area contributed by atoms with Gasteiger partial charge in [0.25, 0.3) is 5.22 Å². The lowest BCUT2D eigenvalue weighted by atomic mass is 10.3. The van der Waals surface area contributed by atoms with Gasteiger partial charge in [0.05, 0.1) is 11.6 Å². The van der Waals surface area contributed by atoms with E-state index in [0.29, 0.717) is 22.4 Å². The lowest BCUT2D eigenvalue weighted by Gasteiger charge is -2.19. The zero-order valence-electron chi connectivity index (χ0n) is 10.9. The highest BCUT2D eigenvalue weighted by atomic mass is 32.2. The molecule has 0 saturated carbocycles. The summed E-state index contributed by atoms with van der Waals surface area (Å²) in [6, 6.07) is 6.63. The molecule has 6 nitrogen and oxygen atoms in total. The standard InChI is InChI=1S/C13H12N2O4S2/c16-11(15-7-20-5-9(15)12(17)18)6-21-13-14-8-3-1-2-4-10(8)19-13/h1-4,9H,5-7H2,(H,17,18)/t9-/m0/s1. The van der Waals surface area contributed by atoms with Crippen LogP contribution in [0.4, 0.5) is 0 Å². The summed E-state index contributed by atoms with van der Waals surface area (Å²) in [7, 11) is 0. The highest BCUT2D eigenvalue weighted by Crippen LogP contribution is 2.26. The van der Waals surface area contributed by atoms with Crippen molar-refractivity contribution in [1.29, 1.82) is 0 Å². The minimum atomic E-state index is -0.958. The summed E-state index contributed by atoms with van der Waals surface area (Å²) in [4.78, 5) is 28.8. The lowest BCUT2D eigenvalue weighted by molar-refractivity contribution is -0.146. The van der Waals surface area contributed by atoms with Crippen molar-refractivity contribution in [2.24, 2.45) is 0 Å². The Balaban J connectivity index is 1.64. The number of amides is 1. The first-order valence-electron chi connectivity index (χ1n) is 6.23. The van der Waals surface area contributed by atoms with Crippen molar-refractivity contribution in [3.8, 4) is 0 Å². The number of nitrogens with zero attached hydrogens (tertiary/aromatic N) is 2. The summed E-state index contributed by atoms with van der Waals surface area (Å²) in [5, 5.41) is 9.49. The van der Waals surface area contributed by atoms with Gasteiger partial charge in [-0.25, -0.2) is 9.78 Å². The van der Waals surface area contributed by atoms with Gasteiger partial charge in [-0.05, 0) is 12.1 Å². The third kappa shape index (κ3) is 3.01. The molecular formula is C13H12N2O4S2. The molecule has 1 aromatic carbocycles. The number of rotatable bonds is 4. The smallest absolute Gasteiger partial charge is 0.327 e. The minimum Gasteiger partial charge on any atom is -0.480 e. The Hall–Kier alpha value is -1.67. The molecule has 0 radical (unpaired) electrons. The van der Waals surface area contributed by atoms with E-state index < -0.39 is 12.0 Å². The average molecular weight is 324 g/mol. The summed E-state index contributed by atoms with van der Waals surface area (Å²) in [6.45, 7) is 0. The molecule has 1 aromatic heterocycles. The van der Waals surface area contributed by atoms with Crippen LogP contribution in [0.3, 0.4) is 0 Å². The Morgan fingerprint density at radius 1 is 1.48 bits per heavy atom. The average Bonchev–Trinajstić information content (AvgIpc) is 3.10. The van der Waals surface area contributed by atoms with Crippen molar-refractivity contribution >= 4 is 46.5 Å². The van der Waals surface area contributed by atoms with Crippen molar-refractivity contribution in [2.45, 2.75) is 11.3 Å². The minimum absolute atomic E-state index is 0.122. The summed E-state index contributed by atoms with van der Waals surface area (Å²) >= 11 is 2.63. The van der Waals surface area contributed by atoms with Gasteiger partial charge in [-0.2, -0.15) is 0 Å². The quantitative estimate of drug-likeness (QED) is 0.860. The number of hydrogen-bond acceptors (Lipinski definition) is 6. The van der Waals surface area contributed by atoms with E-state index in [2.05, 4.69) is 4.98 Å². The molecule has 1 saturated heterocycles. The van der Waals surface area contributed by atoms with Crippen molar-refractivity contribution in [3.05, 3.63) is 24.3 Å². The molecule has 0 bridgehead atoms. The number of aliphatic carboxylic acids is 1. The monoisotopic (exact) mass is 324 g/mol. The first kappa shape index (κ1) is 14.3. The number of hydrogen-bond donors (Lipinski definition) is 1. The van der Waals surface area contributed by atoms with E-state index in [-0.39, 0.29) is 11.7 Å². The van der Waals surface area contributed by atoms with Crippen LogP contribution in [0.5, 0.6) is 0 Å². The van der Waals surface area contributed by atoms with Gasteiger partial charge in [-0.3, -0.25) is 4.79 Å². The number of benzene rings is 1. The second kappa shape index (κ2) is 5.98. The molecule has 1 fully saturated rings. The van der Waals surface area contributed by atoms with Gasteiger partial charge in [0.15, 0.2) is 5.58 Å². The first-order valence-corrected chi connectivity index (χ1v) is 8.37.